The van der Waals surface area contributed by atoms with E-state index in [9.17, 15) is 0 Å². The highest BCUT2D eigenvalue weighted by molar-refractivity contribution is 5.47. The van der Waals surface area contributed by atoms with Gasteiger partial charge in [0, 0.05) is 36.8 Å². The molecule has 1 atom stereocenters. The maximum atomic E-state index is 4.89. The molecule has 6 heteroatoms. The third-order valence-electron chi connectivity index (χ3n) is 3.58. The molecule has 112 valence electrons. The van der Waals surface area contributed by atoms with Gasteiger partial charge in [-0.1, -0.05) is 11.2 Å². The van der Waals surface area contributed by atoms with E-state index in [1.807, 2.05) is 43.7 Å². The van der Waals surface area contributed by atoms with Gasteiger partial charge in [-0.15, -0.1) is 0 Å². The molecule has 0 unspecified atom stereocenters. The van der Waals surface area contributed by atoms with E-state index in [1.165, 1.54) is 0 Å². The summed E-state index contributed by atoms with van der Waals surface area (Å²) in [7, 11) is 2.03. The average molecular weight is 295 g/mol. The van der Waals surface area contributed by atoms with Crippen LogP contribution in [0.25, 0.3) is 11.5 Å². The second-order valence-corrected chi connectivity index (χ2v) is 5.15. The SMILES string of the molecule is C[C@@H](c1ccon1)N(C)Cc1cnc(-c2ccccn2)nc1. The standard InChI is InChI=1S/C16H17N5O/c1-12(14-6-8-22-20-14)21(2)11-13-9-18-16(19-10-13)15-5-3-4-7-17-15/h3-10,12H,11H2,1-2H3/t12-/m0/s1. The van der Waals surface area contributed by atoms with Gasteiger partial charge in [0.25, 0.3) is 0 Å². The van der Waals surface area contributed by atoms with Crippen molar-refractivity contribution in [1.29, 1.82) is 0 Å². The van der Waals surface area contributed by atoms with E-state index < -0.39 is 0 Å². The molecular weight excluding hydrogens is 278 g/mol. The average Bonchev–Trinajstić information content (AvgIpc) is 3.10. The maximum absolute atomic E-state index is 4.89. The van der Waals surface area contributed by atoms with Crippen LogP contribution in [0.5, 0.6) is 0 Å². The van der Waals surface area contributed by atoms with Crippen LogP contribution in [-0.4, -0.2) is 32.1 Å². The summed E-state index contributed by atoms with van der Waals surface area (Å²) in [4.78, 5) is 15.2. The molecule has 3 heterocycles. The van der Waals surface area contributed by atoms with Crippen molar-refractivity contribution >= 4 is 0 Å². The molecule has 0 spiro atoms. The number of hydrogen-bond acceptors (Lipinski definition) is 6. The molecule has 0 aromatic carbocycles. The molecule has 0 aliphatic rings. The topological polar surface area (TPSA) is 67.9 Å². The van der Waals surface area contributed by atoms with E-state index in [0.717, 1.165) is 23.5 Å². The van der Waals surface area contributed by atoms with E-state index >= 15 is 0 Å². The Labute approximate surface area is 128 Å². The first-order valence-corrected chi connectivity index (χ1v) is 7.07. The molecule has 0 bridgehead atoms. The molecule has 3 aromatic rings. The zero-order valence-corrected chi connectivity index (χ0v) is 12.5. The lowest BCUT2D eigenvalue weighted by atomic mass is 10.2. The maximum Gasteiger partial charge on any atom is 0.178 e. The monoisotopic (exact) mass is 295 g/mol. The number of aromatic nitrogens is 4. The smallest absolute Gasteiger partial charge is 0.178 e. The zero-order valence-electron chi connectivity index (χ0n) is 12.5. The second-order valence-electron chi connectivity index (χ2n) is 5.15. The first-order valence-electron chi connectivity index (χ1n) is 7.07. The number of rotatable bonds is 5. The lowest BCUT2D eigenvalue weighted by Gasteiger charge is -2.22. The van der Waals surface area contributed by atoms with Gasteiger partial charge in [-0.2, -0.15) is 0 Å². The highest BCUT2D eigenvalue weighted by atomic mass is 16.5. The molecule has 0 saturated carbocycles. The Balaban J connectivity index is 1.68. The normalized spacial score (nSPS) is 12.5. The van der Waals surface area contributed by atoms with Crippen molar-refractivity contribution in [1.82, 2.24) is 25.0 Å². The lowest BCUT2D eigenvalue weighted by molar-refractivity contribution is 0.240. The van der Waals surface area contributed by atoms with Gasteiger partial charge in [-0.05, 0) is 26.1 Å². The van der Waals surface area contributed by atoms with Crippen LogP contribution in [0, 0.1) is 0 Å². The summed E-state index contributed by atoms with van der Waals surface area (Å²) < 4.78 is 4.89. The van der Waals surface area contributed by atoms with Gasteiger partial charge in [0.05, 0.1) is 6.04 Å². The molecule has 3 aromatic heterocycles. The molecule has 0 fully saturated rings. The molecule has 0 amide bonds. The van der Waals surface area contributed by atoms with Crippen LogP contribution in [0.1, 0.15) is 24.2 Å². The summed E-state index contributed by atoms with van der Waals surface area (Å²) >= 11 is 0. The number of pyridine rings is 1. The van der Waals surface area contributed by atoms with E-state index in [-0.39, 0.29) is 6.04 Å². The number of nitrogens with zero attached hydrogens (tertiary/aromatic N) is 5. The van der Waals surface area contributed by atoms with Gasteiger partial charge in [-0.25, -0.2) is 9.97 Å². The largest absolute Gasteiger partial charge is 0.364 e. The highest BCUT2D eigenvalue weighted by Crippen LogP contribution is 2.19. The van der Waals surface area contributed by atoms with Gasteiger partial charge < -0.3 is 4.52 Å². The summed E-state index contributed by atoms with van der Waals surface area (Å²) in [6.07, 6.45) is 7.00. The molecule has 0 aliphatic carbocycles. The van der Waals surface area contributed by atoms with E-state index in [0.29, 0.717) is 5.82 Å². The van der Waals surface area contributed by atoms with Crippen LogP contribution < -0.4 is 0 Å². The van der Waals surface area contributed by atoms with Crippen molar-refractivity contribution in [3.05, 3.63) is 60.4 Å². The van der Waals surface area contributed by atoms with Crippen LogP contribution in [-0.2, 0) is 6.54 Å². The predicted octanol–water partition coefficient (Wildman–Crippen LogP) is 2.72. The number of hydrogen-bond donors (Lipinski definition) is 0. The summed E-state index contributed by atoms with van der Waals surface area (Å²) in [5.41, 5.74) is 2.73. The van der Waals surface area contributed by atoms with Gasteiger partial charge >= 0.3 is 0 Å². The summed E-state index contributed by atoms with van der Waals surface area (Å²) in [5.74, 6) is 0.636. The molecule has 0 aliphatic heterocycles. The first-order chi connectivity index (χ1) is 10.7. The third-order valence-corrected chi connectivity index (χ3v) is 3.58. The van der Waals surface area contributed by atoms with Crippen molar-refractivity contribution in [2.75, 3.05) is 7.05 Å². The van der Waals surface area contributed by atoms with Crippen molar-refractivity contribution in [2.45, 2.75) is 19.5 Å². The fraction of sp³-hybridized carbons (Fsp3) is 0.250. The van der Waals surface area contributed by atoms with Crippen LogP contribution in [0.4, 0.5) is 0 Å². The first kappa shape index (κ1) is 14.3. The van der Waals surface area contributed by atoms with Crippen molar-refractivity contribution in [3.8, 4) is 11.5 Å². The van der Waals surface area contributed by atoms with Crippen molar-refractivity contribution in [2.24, 2.45) is 0 Å². The minimum absolute atomic E-state index is 0.161. The molecule has 22 heavy (non-hydrogen) atoms. The van der Waals surface area contributed by atoms with E-state index in [2.05, 4.69) is 31.9 Å². The van der Waals surface area contributed by atoms with Gasteiger partial charge in [0.2, 0.25) is 0 Å². The Kier molecular flexibility index (Phi) is 4.20. The summed E-state index contributed by atoms with van der Waals surface area (Å²) in [5, 5.41) is 3.98. The quantitative estimate of drug-likeness (QED) is 0.721. The summed E-state index contributed by atoms with van der Waals surface area (Å²) in [6.45, 7) is 2.82. The Hall–Kier alpha value is -2.60. The van der Waals surface area contributed by atoms with Crippen LogP contribution in [0.3, 0.4) is 0 Å². The Morgan fingerprint density at radius 3 is 2.59 bits per heavy atom. The zero-order chi connectivity index (χ0) is 15.4. The molecule has 6 nitrogen and oxygen atoms in total. The van der Waals surface area contributed by atoms with Gasteiger partial charge in [0.15, 0.2) is 5.82 Å². The second kappa shape index (κ2) is 6.44. The minimum Gasteiger partial charge on any atom is -0.364 e. The highest BCUT2D eigenvalue weighted by Gasteiger charge is 2.15. The Morgan fingerprint density at radius 1 is 1.14 bits per heavy atom. The molecule has 0 saturated heterocycles. The molecule has 3 rings (SSSR count). The fourth-order valence-corrected chi connectivity index (χ4v) is 2.15. The van der Waals surface area contributed by atoms with E-state index in [1.54, 1.807) is 12.5 Å². The minimum atomic E-state index is 0.161. The fourth-order valence-electron chi connectivity index (χ4n) is 2.15. The summed E-state index contributed by atoms with van der Waals surface area (Å²) in [6, 6.07) is 7.73. The van der Waals surface area contributed by atoms with Gasteiger partial charge in [0.1, 0.15) is 17.7 Å². The van der Waals surface area contributed by atoms with Crippen molar-refractivity contribution in [3.63, 3.8) is 0 Å². The lowest BCUT2D eigenvalue weighted by Crippen LogP contribution is -2.22. The molecule has 0 radical (unpaired) electrons. The van der Waals surface area contributed by atoms with E-state index in [4.69, 9.17) is 4.52 Å². The Morgan fingerprint density at radius 2 is 1.95 bits per heavy atom. The third kappa shape index (κ3) is 3.17. The van der Waals surface area contributed by atoms with Crippen molar-refractivity contribution < 1.29 is 4.52 Å². The molecule has 0 N–H and O–H groups in total. The van der Waals surface area contributed by atoms with Gasteiger partial charge in [-0.3, -0.25) is 9.88 Å². The Bertz CT molecular complexity index is 697. The van der Waals surface area contributed by atoms with Crippen LogP contribution in [0.15, 0.2) is 53.6 Å². The van der Waals surface area contributed by atoms with Crippen LogP contribution >= 0.6 is 0 Å². The predicted molar refractivity (Wildman–Crippen MR) is 81.6 cm³/mol. The molecular formula is C16H17N5O. The van der Waals surface area contributed by atoms with Crippen LogP contribution in [0.2, 0.25) is 0 Å².